The molecule has 180 valence electrons. The highest BCUT2D eigenvalue weighted by Crippen LogP contribution is 2.38. The van der Waals surface area contributed by atoms with Crippen molar-refractivity contribution in [1.29, 1.82) is 0 Å². The van der Waals surface area contributed by atoms with Gasteiger partial charge in [-0.2, -0.15) is 5.10 Å². The Morgan fingerprint density at radius 2 is 2.00 bits per heavy atom. The van der Waals surface area contributed by atoms with Crippen molar-refractivity contribution in [3.63, 3.8) is 0 Å². The van der Waals surface area contributed by atoms with Gasteiger partial charge in [0, 0.05) is 30.8 Å². The molecule has 0 radical (unpaired) electrons. The quantitative estimate of drug-likeness (QED) is 0.584. The highest BCUT2D eigenvalue weighted by molar-refractivity contribution is 6.30. The Hall–Kier alpha value is -3.07. The van der Waals surface area contributed by atoms with Gasteiger partial charge in [-0.25, -0.2) is 9.78 Å². The zero-order valence-corrected chi connectivity index (χ0v) is 19.9. The SMILES string of the molecule is COC(=O)N1CCc2ccc3c(nc([C@H]4CC[C@H](C(=O)O)CC4)n3CCn3cc(Cl)cn3)c2C1. The lowest BCUT2D eigenvalue weighted by atomic mass is 9.81. The molecule has 3 aromatic rings. The topological polar surface area (TPSA) is 102 Å². The molecule has 0 saturated heterocycles. The van der Waals surface area contributed by atoms with Crippen molar-refractivity contribution in [3.8, 4) is 0 Å². The summed E-state index contributed by atoms with van der Waals surface area (Å²) >= 11 is 6.05. The van der Waals surface area contributed by atoms with Crippen LogP contribution in [0.1, 0.15) is 48.6 Å². The van der Waals surface area contributed by atoms with E-state index >= 15 is 0 Å². The normalized spacial score (nSPS) is 20.4. The minimum absolute atomic E-state index is 0.195. The second-order valence-electron chi connectivity index (χ2n) is 9.14. The van der Waals surface area contributed by atoms with Crippen LogP contribution >= 0.6 is 11.6 Å². The number of halogens is 1. The van der Waals surface area contributed by atoms with Crippen molar-refractivity contribution in [1.82, 2.24) is 24.2 Å². The van der Waals surface area contributed by atoms with Gasteiger partial charge in [0.05, 0.1) is 48.4 Å². The first-order chi connectivity index (χ1) is 16.4. The Labute approximate surface area is 202 Å². The predicted octanol–water partition coefficient (Wildman–Crippen LogP) is 4.07. The van der Waals surface area contributed by atoms with Crippen molar-refractivity contribution in [2.24, 2.45) is 5.92 Å². The summed E-state index contributed by atoms with van der Waals surface area (Å²) in [6.07, 6.45) is 6.77. The van der Waals surface area contributed by atoms with Crippen molar-refractivity contribution >= 4 is 34.7 Å². The molecular weight excluding hydrogens is 458 g/mol. The summed E-state index contributed by atoms with van der Waals surface area (Å²) in [6.45, 7) is 2.40. The number of carbonyl (C=O) groups is 2. The lowest BCUT2D eigenvalue weighted by Crippen LogP contribution is -2.35. The Morgan fingerprint density at radius 1 is 1.21 bits per heavy atom. The maximum Gasteiger partial charge on any atom is 0.409 e. The molecule has 1 aliphatic carbocycles. The number of benzene rings is 1. The van der Waals surface area contributed by atoms with Gasteiger partial charge in [0.2, 0.25) is 0 Å². The predicted molar refractivity (Wildman–Crippen MR) is 126 cm³/mol. The van der Waals surface area contributed by atoms with Gasteiger partial charge in [0.15, 0.2) is 0 Å². The number of ether oxygens (including phenoxy) is 1. The fourth-order valence-corrected chi connectivity index (χ4v) is 5.49. The van der Waals surface area contributed by atoms with Gasteiger partial charge < -0.3 is 19.3 Å². The molecule has 0 spiro atoms. The standard InChI is InChI=1S/C24H28ClN5O4/c1-34-24(33)28-9-8-15-6-7-20-21(19(15)14-28)27-22(16-2-4-17(5-3-16)23(31)32)30(20)11-10-29-13-18(25)12-26-29/h6-7,12-13,16-17H,2-5,8-11,14H2,1H3,(H,31,32)/t16-,17-. The molecule has 0 bridgehead atoms. The Morgan fingerprint density at radius 3 is 2.68 bits per heavy atom. The van der Waals surface area contributed by atoms with Crippen LogP contribution in [0.15, 0.2) is 24.5 Å². The minimum Gasteiger partial charge on any atom is -0.481 e. The van der Waals surface area contributed by atoms with Crippen molar-refractivity contribution in [2.45, 2.75) is 57.7 Å². The van der Waals surface area contributed by atoms with Gasteiger partial charge in [0.25, 0.3) is 0 Å². The number of rotatable bonds is 5. The maximum absolute atomic E-state index is 12.2. The Balaban J connectivity index is 1.52. The molecule has 0 unspecified atom stereocenters. The van der Waals surface area contributed by atoms with Crippen molar-refractivity contribution in [3.05, 3.63) is 46.5 Å². The third kappa shape index (κ3) is 4.24. The summed E-state index contributed by atoms with van der Waals surface area (Å²) in [5.74, 6) is 0.196. The molecule has 2 aliphatic rings. The zero-order chi connectivity index (χ0) is 23.8. The molecule has 1 fully saturated rings. The van der Waals surface area contributed by atoms with Crippen LogP contribution in [-0.4, -0.2) is 55.1 Å². The number of aliphatic carboxylic acids is 1. The number of fused-ring (bicyclic) bond motifs is 3. The first-order valence-corrected chi connectivity index (χ1v) is 12.1. The van der Waals surface area contributed by atoms with Gasteiger partial charge in [-0.15, -0.1) is 0 Å². The van der Waals surface area contributed by atoms with E-state index < -0.39 is 5.97 Å². The largest absolute Gasteiger partial charge is 0.481 e. The lowest BCUT2D eigenvalue weighted by molar-refractivity contribution is -0.142. The van der Waals surface area contributed by atoms with Crippen LogP contribution in [0.2, 0.25) is 5.02 Å². The number of aromatic nitrogens is 4. The van der Waals surface area contributed by atoms with Gasteiger partial charge in [-0.1, -0.05) is 17.7 Å². The fourth-order valence-electron chi connectivity index (χ4n) is 5.34. The van der Waals surface area contributed by atoms with Crippen LogP contribution < -0.4 is 0 Å². The van der Waals surface area contributed by atoms with Gasteiger partial charge in [0.1, 0.15) is 5.82 Å². The van der Waals surface area contributed by atoms with E-state index in [1.165, 1.54) is 12.7 Å². The Bertz CT molecular complexity index is 1230. The van der Waals surface area contributed by atoms with E-state index in [0.29, 0.717) is 44.0 Å². The number of amides is 1. The van der Waals surface area contributed by atoms with Crippen LogP contribution in [-0.2, 0) is 35.6 Å². The van der Waals surface area contributed by atoms with E-state index in [1.807, 2.05) is 4.68 Å². The summed E-state index contributed by atoms with van der Waals surface area (Å²) < 4.78 is 9.01. The number of hydrogen-bond donors (Lipinski definition) is 1. The summed E-state index contributed by atoms with van der Waals surface area (Å²) in [4.78, 5) is 30.5. The van der Waals surface area contributed by atoms with Gasteiger partial charge in [-0.3, -0.25) is 9.48 Å². The highest BCUT2D eigenvalue weighted by atomic mass is 35.5. The zero-order valence-electron chi connectivity index (χ0n) is 19.1. The lowest BCUT2D eigenvalue weighted by Gasteiger charge is -2.27. The molecule has 1 amide bonds. The number of aryl methyl sites for hydroxylation is 2. The molecule has 3 heterocycles. The monoisotopic (exact) mass is 485 g/mol. The number of carbonyl (C=O) groups excluding carboxylic acids is 1. The van der Waals surface area contributed by atoms with Crippen LogP contribution in [0.4, 0.5) is 4.79 Å². The minimum atomic E-state index is -0.709. The molecule has 9 nitrogen and oxygen atoms in total. The van der Waals surface area contributed by atoms with Crippen LogP contribution in [0.5, 0.6) is 0 Å². The molecule has 1 N–H and O–H groups in total. The van der Waals surface area contributed by atoms with E-state index in [0.717, 1.165) is 41.7 Å². The molecule has 34 heavy (non-hydrogen) atoms. The van der Waals surface area contributed by atoms with Gasteiger partial charge >= 0.3 is 12.1 Å². The van der Waals surface area contributed by atoms with E-state index in [2.05, 4.69) is 21.8 Å². The first-order valence-electron chi connectivity index (χ1n) is 11.7. The molecule has 5 rings (SSSR count). The van der Waals surface area contributed by atoms with E-state index in [1.54, 1.807) is 17.3 Å². The number of carboxylic acids is 1. The molecule has 2 aromatic heterocycles. The average Bonchev–Trinajstić information content (AvgIpc) is 3.45. The average molecular weight is 486 g/mol. The van der Waals surface area contributed by atoms with Crippen LogP contribution in [0, 0.1) is 5.92 Å². The van der Waals surface area contributed by atoms with E-state index in [9.17, 15) is 14.7 Å². The second-order valence-corrected chi connectivity index (χ2v) is 9.58. The number of imidazole rings is 1. The summed E-state index contributed by atoms with van der Waals surface area (Å²) in [5.41, 5.74) is 4.21. The Kier molecular flexibility index (Phi) is 6.20. The number of nitrogens with zero attached hydrogens (tertiary/aromatic N) is 5. The number of methoxy groups -OCH3 is 1. The molecule has 1 aliphatic heterocycles. The van der Waals surface area contributed by atoms with Crippen molar-refractivity contribution in [2.75, 3.05) is 13.7 Å². The maximum atomic E-state index is 12.2. The second kappa shape index (κ2) is 9.29. The highest BCUT2D eigenvalue weighted by Gasteiger charge is 2.31. The summed E-state index contributed by atoms with van der Waals surface area (Å²) in [7, 11) is 1.40. The van der Waals surface area contributed by atoms with E-state index in [-0.39, 0.29) is 17.9 Å². The molecule has 10 heteroatoms. The van der Waals surface area contributed by atoms with Crippen LogP contribution in [0.3, 0.4) is 0 Å². The third-order valence-corrected chi connectivity index (χ3v) is 7.38. The summed E-state index contributed by atoms with van der Waals surface area (Å²) in [6, 6.07) is 4.26. The molecule has 1 saturated carbocycles. The summed E-state index contributed by atoms with van der Waals surface area (Å²) in [5, 5.41) is 14.3. The van der Waals surface area contributed by atoms with E-state index in [4.69, 9.17) is 21.3 Å². The van der Waals surface area contributed by atoms with Crippen molar-refractivity contribution < 1.29 is 19.4 Å². The van der Waals surface area contributed by atoms with Crippen LogP contribution in [0.25, 0.3) is 11.0 Å². The van der Waals surface area contributed by atoms with Gasteiger partial charge in [-0.05, 0) is 43.7 Å². The number of carboxylic acid groups (broad SMARTS) is 1. The third-order valence-electron chi connectivity index (χ3n) is 7.18. The smallest absolute Gasteiger partial charge is 0.409 e. The molecule has 0 atom stereocenters. The first kappa shape index (κ1) is 22.7. The fraction of sp³-hybridized carbons (Fsp3) is 0.500. The molecular formula is C24H28ClN5O4. The molecule has 1 aromatic carbocycles. The number of hydrogen-bond acceptors (Lipinski definition) is 5.